The summed E-state index contributed by atoms with van der Waals surface area (Å²) in [4.78, 5) is 16.6. The van der Waals surface area contributed by atoms with Crippen LogP contribution in [-0.4, -0.2) is 32.9 Å². The van der Waals surface area contributed by atoms with Gasteiger partial charge < -0.3 is 19.5 Å². The van der Waals surface area contributed by atoms with Gasteiger partial charge in [-0.3, -0.25) is 9.79 Å². The molecule has 0 atom stereocenters. The molecule has 0 aliphatic carbocycles. The number of halogens is 1. The Bertz CT molecular complexity index is 1020. The van der Waals surface area contributed by atoms with Crippen LogP contribution in [-0.2, 0) is 4.79 Å². The molecule has 1 amide bonds. The molecule has 0 aliphatic rings. The first-order chi connectivity index (χ1) is 14.6. The summed E-state index contributed by atoms with van der Waals surface area (Å²) in [6.07, 6.45) is 1.75. The summed E-state index contributed by atoms with van der Waals surface area (Å²) in [6, 6.07) is 20.4. The molecule has 0 saturated heterocycles. The number of para-hydroxylation sites is 1. The topological polar surface area (TPSA) is 69.2 Å². The number of carbonyl (C=O) groups is 1. The fraction of sp³-hybridized carbons (Fsp3) is 0.130. The number of aliphatic imine (C=N–C) groups is 1. The van der Waals surface area contributed by atoms with Crippen molar-refractivity contribution >= 4 is 46.1 Å². The van der Waals surface area contributed by atoms with Gasteiger partial charge in [0.2, 0.25) is 0 Å². The highest BCUT2D eigenvalue weighted by Gasteiger charge is 2.13. The Morgan fingerprint density at radius 3 is 2.43 bits per heavy atom. The minimum atomic E-state index is -0.246. The Hall–Kier alpha value is -3.07. The molecule has 6 nitrogen and oxygen atoms in total. The van der Waals surface area contributed by atoms with Crippen LogP contribution in [0.25, 0.3) is 0 Å². The van der Waals surface area contributed by atoms with Crippen molar-refractivity contribution < 1.29 is 19.0 Å². The molecular formula is C23H21IN2O4. The van der Waals surface area contributed by atoms with Gasteiger partial charge in [-0.15, -0.1) is 0 Å². The van der Waals surface area contributed by atoms with Crippen LogP contribution in [0.5, 0.6) is 17.2 Å². The minimum absolute atomic E-state index is 0.124. The van der Waals surface area contributed by atoms with Crippen LogP contribution in [0.3, 0.4) is 0 Å². The van der Waals surface area contributed by atoms with Gasteiger partial charge in [0.25, 0.3) is 5.91 Å². The van der Waals surface area contributed by atoms with E-state index in [0.717, 1.165) is 26.3 Å². The maximum absolute atomic E-state index is 12.2. The van der Waals surface area contributed by atoms with E-state index in [-0.39, 0.29) is 12.5 Å². The lowest BCUT2D eigenvalue weighted by Gasteiger charge is -2.13. The van der Waals surface area contributed by atoms with E-state index in [9.17, 15) is 4.79 Å². The summed E-state index contributed by atoms with van der Waals surface area (Å²) in [6.45, 7) is -0.124. The van der Waals surface area contributed by atoms with Crippen molar-refractivity contribution in [2.45, 2.75) is 0 Å². The third-order valence-corrected chi connectivity index (χ3v) is 4.89. The van der Waals surface area contributed by atoms with Crippen LogP contribution in [0.2, 0.25) is 0 Å². The van der Waals surface area contributed by atoms with Gasteiger partial charge in [0.05, 0.1) is 23.5 Å². The predicted octanol–water partition coefficient (Wildman–Crippen LogP) is 5.08. The summed E-state index contributed by atoms with van der Waals surface area (Å²) in [5.41, 5.74) is 2.38. The highest BCUT2D eigenvalue weighted by molar-refractivity contribution is 14.1. The molecule has 0 spiro atoms. The van der Waals surface area contributed by atoms with Crippen LogP contribution < -0.4 is 19.5 Å². The van der Waals surface area contributed by atoms with E-state index in [4.69, 9.17) is 14.2 Å². The van der Waals surface area contributed by atoms with Gasteiger partial charge in [-0.05, 0) is 76.7 Å². The normalized spacial score (nSPS) is 10.6. The molecule has 154 valence electrons. The van der Waals surface area contributed by atoms with Crippen molar-refractivity contribution in [3.63, 3.8) is 0 Å². The van der Waals surface area contributed by atoms with Gasteiger partial charge in [0.1, 0.15) is 5.75 Å². The molecule has 0 aliphatic heterocycles. The molecule has 1 N–H and O–H groups in total. The second-order valence-corrected chi connectivity index (χ2v) is 7.36. The highest BCUT2D eigenvalue weighted by Crippen LogP contribution is 2.33. The quantitative estimate of drug-likeness (QED) is 0.335. The lowest BCUT2D eigenvalue weighted by molar-refractivity contribution is -0.118. The summed E-state index contributed by atoms with van der Waals surface area (Å²) in [7, 11) is 3.19. The van der Waals surface area contributed by atoms with E-state index in [2.05, 4.69) is 32.9 Å². The van der Waals surface area contributed by atoms with E-state index in [1.54, 1.807) is 20.4 Å². The average molecular weight is 516 g/mol. The van der Waals surface area contributed by atoms with Crippen molar-refractivity contribution in [2.75, 3.05) is 26.1 Å². The van der Waals surface area contributed by atoms with Crippen LogP contribution >= 0.6 is 22.6 Å². The first kappa shape index (κ1) is 21.6. The number of carbonyl (C=O) groups excluding carboxylic acids is 1. The highest BCUT2D eigenvalue weighted by atomic mass is 127. The Kier molecular flexibility index (Phi) is 7.67. The van der Waals surface area contributed by atoms with Gasteiger partial charge in [-0.1, -0.05) is 18.2 Å². The zero-order valence-corrected chi connectivity index (χ0v) is 18.8. The number of anilines is 1. The Morgan fingerprint density at radius 2 is 1.77 bits per heavy atom. The zero-order valence-electron chi connectivity index (χ0n) is 16.6. The van der Waals surface area contributed by atoms with Gasteiger partial charge in [-0.2, -0.15) is 0 Å². The number of methoxy groups -OCH3 is 2. The van der Waals surface area contributed by atoms with Crippen molar-refractivity contribution in [3.05, 3.63) is 75.9 Å². The van der Waals surface area contributed by atoms with Gasteiger partial charge >= 0.3 is 0 Å². The van der Waals surface area contributed by atoms with E-state index in [1.807, 2.05) is 66.7 Å². The number of nitrogens with one attached hydrogen (secondary N) is 1. The summed E-state index contributed by atoms with van der Waals surface area (Å²) < 4.78 is 17.2. The molecule has 3 rings (SSSR count). The second kappa shape index (κ2) is 10.6. The summed E-state index contributed by atoms with van der Waals surface area (Å²) in [5.74, 6) is 1.58. The molecule has 0 radical (unpaired) electrons. The molecule has 3 aromatic carbocycles. The van der Waals surface area contributed by atoms with Gasteiger partial charge in [0, 0.05) is 11.9 Å². The fourth-order valence-corrected chi connectivity index (χ4v) is 3.41. The minimum Gasteiger partial charge on any atom is -0.497 e. The SMILES string of the molecule is COc1ccc(N=Cc2cc(I)c(OCC(=O)Nc3ccccc3)c(OC)c2)cc1. The second-order valence-electron chi connectivity index (χ2n) is 6.19. The molecule has 0 unspecified atom stereocenters. The molecule has 0 aromatic heterocycles. The van der Waals surface area contributed by atoms with Crippen molar-refractivity contribution in [1.82, 2.24) is 0 Å². The van der Waals surface area contributed by atoms with Gasteiger partial charge in [-0.25, -0.2) is 0 Å². The monoisotopic (exact) mass is 516 g/mol. The Morgan fingerprint density at radius 1 is 1.03 bits per heavy atom. The summed E-state index contributed by atoms with van der Waals surface area (Å²) >= 11 is 2.15. The number of hydrogen-bond acceptors (Lipinski definition) is 5. The Balaban J connectivity index is 1.68. The number of nitrogens with zero attached hydrogens (tertiary/aromatic N) is 1. The third-order valence-electron chi connectivity index (χ3n) is 4.09. The summed E-state index contributed by atoms with van der Waals surface area (Å²) in [5, 5.41) is 2.79. The molecule has 7 heteroatoms. The molecule has 30 heavy (non-hydrogen) atoms. The number of hydrogen-bond donors (Lipinski definition) is 1. The molecule has 0 fully saturated rings. The third kappa shape index (κ3) is 5.96. The Labute approximate surface area is 189 Å². The van der Waals surface area contributed by atoms with Crippen LogP contribution in [0.4, 0.5) is 11.4 Å². The standard InChI is InChI=1S/C23H21IN2O4/c1-28-19-10-8-17(9-11-19)25-14-16-12-20(24)23(21(13-16)29-2)30-15-22(27)26-18-6-4-3-5-7-18/h3-14H,15H2,1-2H3,(H,26,27). The lowest BCUT2D eigenvalue weighted by Crippen LogP contribution is -2.20. The van der Waals surface area contributed by atoms with Crippen LogP contribution in [0, 0.1) is 3.57 Å². The first-order valence-corrected chi connectivity index (χ1v) is 10.2. The average Bonchev–Trinajstić information content (AvgIpc) is 2.77. The smallest absolute Gasteiger partial charge is 0.262 e. The maximum Gasteiger partial charge on any atom is 0.262 e. The molecular weight excluding hydrogens is 495 g/mol. The largest absolute Gasteiger partial charge is 0.497 e. The number of amides is 1. The number of benzene rings is 3. The van der Waals surface area contributed by atoms with E-state index < -0.39 is 0 Å². The molecule has 0 bridgehead atoms. The van der Waals surface area contributed by atoms with Crippen LogP contribution in [0.1, 0.15) is 5.56 Å². The molecule has 0 saturated carbocycles. The number of ether oxygens (including phenoxy) is 3. The first-order valence-electron chi connectivity index (χ1n) is 9.12. The predicted molar refractivity (Wildman–Crippen MR) is 127 cm³/mol. The zero-order chi connectivity index (χ0) is 21.3. The van der Waals surface area contributed by atoms with E-state index in [0.29, 0.717) is 11.5 Å². The fourth-order valence-electron chi connectivity index (χ4n) is 2.63. The van der Waals surface area contributed by atoms with Crippen LogP contribution in [0.15, 0.2) is 71.7 Å². The van der Waals surface area contributed by atoms with Crippen molar-refractivity contribution in [2.24, 2.45) is 4.99 Å². The van der Waals surface area contributed by atoms with Crippen molar-refractivity contribution in [3.8, 4) is 17.2 Å². The lowest BCUT2D eigenvalue weighted by atomic mass is 10.2. The molecule has 3 aromatic rings. The number of rotatable bonds is 8. The van der Waals surface area contributed by atoms with Gasteiger partial charge in [0.15, 0.2) is 18.1 Å². The maximum atomic E-state index is 12.2. The molecule has 0 heterocycles. The van der Waals surface area contributed by atoms with E-state index >= 15 is 0 Å². The van der Waals surface area contributed by atoms with Crippen molar-refractivity contribution in [1.29, 1.82) is 0 Å². The van der Waals surface area contributed by atoms with E-state index in [1.165, 1.54) is 0 Å².